The third kappa shape index (κ3) is 2.55. The van der Waals surface area contributed by atoms with E-state index in [1.165, 1.54) is 11.1 Å². The van der Waals surface area contributed by atoms with Gasteiger partial charge in [0.2, 0.25) is 0 Å². The molecule has 0 saturated heterocycles. The minimum atomic E-state index is -0.455. The van der Waals surface area contributed by atoms with E-state index < -0.39 is 5.97 Å². The lowest BCUT2D eigenvalue weighted by atomic mass is 9.82. The maximum Gasteiger partial charge on any atom is 0.378 e. The molecular formula is C16H19N3O2. The number of aromatic nitrogens is 3. The van der Waals surface area contributed by atoms with Gasteiger partial charge < -0.3 is 4.74 Å². The van der Waals surface area contributed by atoms with E-state index in [1.807, 2.05) is 7.05 Å². The van der Waals surface area contributed by atoms with Crippen LogP contribution >= 0.6 is 0 Å². The number of nitrogens with zero attached hydrogens (tertiary/aromatic N) is 3. The predicted octanol–water partition coefficient (Wildman–Crippen LogP) is 2.46. The Bertz CT molecular complexity index is 663. The summed E-state index contributed by atoms with van der Waals surface area (Å²) in [5.74, 6) is 0.738. The lowest BCUT2D eigenvalue weighted by Gasteiger charge is -2.24. The van der Waals surface area contributed by atoms with Crippen LogP contribution in [0.4, 0.5) is 0 Å². The van der Waals surface area contributed by atoms with E-state index in [-0.39, 0.29) is 11.7 Å². The van der Waals surface area contributed by atoms with Crippen molar-refractivity contribution >= 4 is 5.97 Å². The molecule has 1 atom stereocenters. The predicted molar refractivity (Wildman–Crippen MR) is 78.2 cm³/mol. The van der Waals surface area contributed by atoms with E-state index >= 15 is 0 Å². The topological polar surface area (TPSA) is 57.0 Å². The van der Waals surface area contributed by atoms with Crippen LogP contribution in [0.15, 0.2) is 24.3 Å². The van der Waals surface area contributed by atoms with Gasteiger partial charge in [0.15, 0.2) is 0 Å². The smallest absolute Gasteiger partial charge is 0.378 e. The van der Waals surface area contributed by atoms with Crippen molar-refractivity contribution in [3.8, 4) is 0 Å². The van der Waals surface area contributed by atoms with Crippen LogP contribution in [-0.4, -0.2) is 27.3 Å². The standard InChI is InChI=1S/C16H19N3O2/c1-3-21-16(20)14-17-15(19(2)18-14)13-10-6-8-11-7-4-5-9-12(11)13/h4-5,7,9,13H,3,6,8,10H2,1-2H3. The highest BCUT2D eigenvalue weighted by molar-refractivity contribution is 5.85. The molecule has 0 aliphatic heterocycles. The van der Waals surface area contributed by atoms with Crippen molar-refractivity contribution in [2.75, 3.05) is 6.61 Å². The minimum absolute atomic E-state index is 0.150. The van der Waals surface area contributed by atoms with Crippen molar-refractivity contribution < 1.29 is 9.53 Å². The summed E-state index contributed by atoms with van der Waals surface area (Å²) in [5.41, 5.74) is 2.67. The first-order valence-corrected chi connectivity index (χ1v) is 7.36. The van der Waals surface area contributed by atoms with Crippen molar-refractivity contribution in [2.45, 2.75) is 32.1 Å². The highest BCUT2D eigenvalue weighted by atomic mass is 16.5. The zero-order valence-electron chi connectivity index (χ0n) is 12.4. The zero-order valence-corrected chi connectivity index (χ0v) is 12.4. The summed E-state index contributed by atoms with van der Waals surface area (Å²) in [5, 5.41) is 4.21. The molecule has 1 unspecified atom stereocenters. The molecule has 0 amide bonds. The maximum absolute atomic E-state index is 11.8. The third-order valence-corrected chi connectivity index (χ3v) is 3.94. The van der Waals surface area contributed by atoms with Crippen LogP contribution in [-0.2, 0) is 18.2 Å². The molecule has 0 N–H and O–H groups in total. The van der Waals surface area contributed by atoms with Gasteiger partial charge in [-0.3, -0.25) is 4.68 Å². The molecule has 0 fully saturated rings. The van der Waals surface area contributed by atoms with E-state index in [0.717, 1.165) is 25.1 Å². The summed E-state index contributed by atoms with van der Waals surface area (Å²) in [6.45, 7) is 2.11. The second-order valence-corrected chi connectivity index (χ2v) is 5.28. The Balaban J connectivity index is 1.97. The quantitative estimate of drug-likeness (QED) is 0.813. The summed E-state index contributed by atoms with van der Waals surface area (Å²) in [6, 6.07) is 8.45. The average Bonchev–Trinajstić information content (AvgIpc) is 2.89. The van der Waals surface area contributed by atoms with Gasteiger partial charge in [-0.1, -0.05) is 24.3 Å². The van der Waals surface area contributed by atoms with E-state index in [4.69, 9.17) is 4.74 Å². The number of aryl methyl sites for hydroxylation is 2. The molecule has 0 bridgehead atoms. The Kier molecular flexibility index (Phi) is 3.73. The molecule has 0 saturated carbocycles. The van der Waals surface area contributed by atoms with Gasteiger partial charge in [-0.25, -0.2) is 9.78 Å². The normalized spacial score (nSPS) is 17.3. The Hall–Kier alpha value is -2.17. The Labute approximate surface area is 124 Å². The van der Waals surface area contributed by atoms with Crippen LogP contribution in [0.2, 0.25) is 0 Å². The SMILES string of the molecule is CCOC(=O)c1nc(C2CCCc3ccccc32)n(C)n1. The van der Waals surface area contributed by atoms with Gasteiger partial charge in [0.1, 0.15) is 5.82 Å². The molecule has 3 rings (SSSR count). The van der Waals surface area contributed by atoms with E-state index in [0.29, 0.717) is 6.61 Å². The average molecular weight is 285 g/mol. The second kappa shape index (κ2) is 5.68. The summed E-state index contributed by atoms with van der Waals surface area (Å²) in [4.78, 5) is 16.2. The van der Waals surface area contributed by atoms with Gasteiger partial charge in [-0.2, -0.15) is 0 Å². The fraction of sp³-hybridized carbons (Fsp3) is 0.438. The van der Waals surface area contributed by atoms with Gasteiger partial charge >= 0.3 is 5.97 Å². The summed E-state index contributed by atoms with van der Waals surface area (Å²) in [6.07, 6.45) is 3.27. The van der Waals surface area contributed by atoms with Crippen LogP contribution in [0.3, 0.4) is 0 Å². The maximum atomic E-state index is 11.8. The van der Waals surface area contributed by atoms with Gasteiger partial charge in [0.25, 0.3) is 5.82 Å². The van der Waals surface area contributed by atoms with Crippen LogP contribution < -0.4 is 0 Å². The second-order valence-electron chi connectivity index (χ2n) is 5.28. The van der Waals surface area contributed by atoms with Crippen LogP contribution in [0.5, 0.6) is 0 Å². The lowest BCUT2D eigenvalue weighted by molar-refractivity contribution is 0.0511. The monoisotopic (exact) mass is 285 g/mol. The molecular weight excluding hydrogens is 266 g/mol. The molecule has 1 aliphatic rings. The van der Waals surface area contributed by atoms with Crippen molar-refractivity contribution in [1.29, 1.82) is 0 Å². The number of esters is 1. The first-order valence-electron chi connectivity index (χ1n) is 7.36. The first kappa shape index (κ1) is 13.8. The minimum Gasteiger partial charge on any atom is -0.460 e. The number of rotatable bonds is 3. The molecule has 1 aliphatic carbocycles. The number of carbonyl (C=O) groups excluding carboxylic acids is 1. The molecule has 1 heterocycles. The highest BCUT2D eigenvalue weighted by Gasteiger charge is 2.27. The van der Waals surface area contributed by atoms with Gasteiger partial charge in [0, 0.05) is 13.0 Å². The molecule has 5 nitrogen and oxygen atoms in total. The molecule has 21 heavy (non-hydrogen) atoms. The van der Waals surface area contributed by atoms with Crippen LogP contribution in [0, 0.1) is 0 Å². The molecule has 0 spiro atoms. The first-order chi connectivity index (χ1) is 10.2. The van der Waals surface area contributed by atoms with Gasteiger partial charge in [-0.15, -0.1) is 5.10 Å². The van der Waals surface area contributed by atoms with Crippen molar-refractivity contribution in [3.05, 3.63) is 47.0 Å². The van der Waals surface area contributed by atoms with Crippen molar-refractivity contribution in [1.82, 2.24) is 14.8 Å². The van der Waals surface area contributed by atoms with E-state index in [2.05, 4.69) is 34.3 Å². The number of carbonyl (C=O) groups is 1. The third-order valence-electron chi connectivity index (χ3n) is 3.94. The van der Waals surface area contributed by atoms with Gasteiger partial charge in [0.05, 0.1) is 6.61 Å². The van der Waals surface area contributed by atoms with Crippen LogP contribution in [0.1, 0.15) is 53.3 Å². The number of benzene rings is 1. The summed E-state index contributed by atoms with van der Waals surface area (Å²) >= 11 is 0. The fourth-order valence-corrected chi connectivity index (χ4v) is 3.00. The molecule has 0 radical (unpaired) electrons. The Morgan fingerprint density at radius 1 is 1.43 bits per heavy atom. The molecule has 2 aromatic rings. The number of fused-ring (bicyclic) bond motifs is 1. The fourth-order valence-electron chi connectivity index (χ4n) is 3.00. The Morgan fingerprint density at radius 3 is 3.05 bits per heavy atom. The molecule has 1 aromatic heterocycles. The largest absolute Gasteiger partial charge is 0.460 e. The van der Waals surface area contributed by atoms with Crippen molar-refractivity contribution in [3.63, 3.8) is 0 Å². The van der Waals surface area contributed by atoms with Crippen molar-refractivity contribution in [2.24, 2.45) is 7.05 Å². The Morgan fingerprint density at radius 2 is 2.24 bits per heavy atom. The lowest BCUT2D eigenvalue weighted by Crippen LogP contribution is -2.15. The number of hydrogen-bond donors (Lipinski definition) is 0. The molecule has 5 heteroatoms. The van der Waals surface area contributed by atoms with Gasteiger partial charge in [-0.05, 0) is 37.3 Å². The highest BCUT2D eigenvalue weighted by Crippen LogP contribution is 2.35. The zero-order chi connectivity index (χ0) is 14.8. The number of ether oxygens (including phenoxy) is 1. The molecule has 110 valence electrons. The van der Waals surface area contributed by atoms with Crippen LogP contribution in [0.25, 0.3) is 0 Å². The summed E-state index contributed by atoms with van der Waals surface area (Å²) in [7, 11) is 1.84. The van der Waals surface area contributed by atoms with E-state index in [1.54, 1.807) is 11.6 Å². The molecule has 1 aromatic carbocycles. The summed E-state index contributed by atoms with van der Waals surface area (Å²) < 4.78 is 6.68. The van der Waals surface area contributed by atoms with E-state index in [9.17, 15) is 4.79 Å². The number of hydrogen-bond acceptors (Lipinski definition) is 4.